The van der Waals surface area contributed by atoms with Crippen molar-refractivity contribution in [1.29, 1.82) is 0 Å². The van der Waals surface area contributed by atoms with Gasteiger partial charge in [0.05, 0.1) is 16.8 Å². The Hall–Kier alpha value is -2.71. The summed E-state index contributed by atoms with van der Waals surface area (Å²) in [4.78, 5) is 24.0. The fraction of sp³-hybridized carbons (Fsp3) is 0.462. The van der Waals surface area contributed by atoms with Crippen LogP contribution in [0.2, 0.25) is 0 Å². The van der Waals surface area contributed by atoms with Crippen LogP contribution in [0.1, 0.15) is 63.0 Å². The van der Waals surface area contributed by atoms with Gasteiger partial charge >= 0.3 is 0 Å². The molecule has 8 heteroatoms. The Labute approximate surface area is 201 Å². The molecule has 1 unspecified atom stereocenters. The van der Waals surface area contributed by atoms with Crippen molar-refractivity contribution >= 4 is 27.3 Å². The molecule has 0 aromatic heterocycles. The molecule has 1 heterocycles. The number of hydrogen-bond acceptors (Lipinski definition) is 5. The summed E-state index contributed by atoms with van der Waals surface area (Å²) >= 11 is 0. The third kappa shape index (κ3) is 5.33. The van der Waals surface area contributed by atoms with Crippen LogP contribution in [0, 0.1) is 5.41 Å². The summed E-state index contributed by atoms with van der Waals surface area (Å²) in [6.07, 6.45) is 1.58. The number of aliphatic hydroxyl groups excluding tert-OH is 1. The highest BCUT2D eigenvalue weighted by Gasteiger charge is 2.48. The lowest BCUT2D eigenvalue weighted by Gasteiger charge is -2.39. The first-order chi connectivity index (χ1) is 16.2. The zero-order valence-electron chi connectivity index (χ0n) is 20.0. The van der Waals surface area contributed by atoms with Gasteiger partial charge in [-0.3, -0.25) is 9.59 Å². The quantitative estimate of drug-likeness (QED) is 0.493. The first-order valence-corrected chi connectivity index (χ1v) is 13.4. The molecule has 2 amide bonds. The SMILES string of the molecule is CCCCC1(CC)CS(=O)(=O)c2ccc(NC(=O)CC(=O)NC)cc2[C@H](c2ccccc2)[C@@H]1O. The number of benzene rings is 2. The van der Waals surface area contributed by atoms with Gasteiger partial charge in [0.2, 0.25) is 11.8 Å². The number of fused-ring (bicyclic) bond motifs is 1. The zero-order valence-corrected chi connectivity index (χ0v) is 20.8. The second-order valence-electron chi connectivity index (χ2n) is 9.06. The van der Waals surface area contributed by atoms with Crippen LogP contribution in [-0.2, 0) is 19.4 Å². The van der Waals surface area contributed by atoms with Crippen LogP contribution in [0.25, 0.3) is 0 Å². The van der Waals surface area contributed by atoms with Crippen molar-refractivity contribution in [3.05, 3.63) is 59.7 Å². The van der Waals surface area contributed by atoms with Gasteiger partial charge in [-0.2, -0.15) is 0 Å². The number of carbonyl (C=O) groups excluding carboxylic acids is 2. The Morgan fingerprint density at radius 1 is 1.09 bits per heavy atom. The van der Waals surface area contributed by atoms with Crippen LogP contribution >= 0.6 is 0 Å². The molecule has 1 aliphatic rings. The minimum atomic E-state index is -3.71. The standard InChI is InChI=1S/C26H34N2O5S/c1-4-6-14-26(5-2)17-34(32,33)21-13-12-19(28-23(30)16-22(29)27-3)15-20(21)24(25(26)31)18-10-8-7-9-11-18/h7-13,15,24-25,31H,4-6,14,16-17H2,1-3H3,(H,27,29)(H,28,30)/t24-,25-,26?/m0/s1. The van der Waals surface area contributed by atoms with Gasteiger partial charge in [0.15, 0.2) is 9.84 Å². The number of carbonyl (C=O) groups is 2. The maximum atomic E-state index is 13.6. The molecule has 0 radical (unpaired) electrons. The van der Waals surface area contributed by atoms with E-state index in [0.717, 1.165) is 18.4 Å². The normalized spacial score (nSPS) is 23.4. The number of hydrogen-bond donors (Lipinski definition) is 3. The van der Waals surface area contributed by atoms with Crippen molar-refractivity contribution in [2.45, 2.75) is 62.9 Å². The van der Waals surface area contributed by atoms with Gasteiger partial charge in [-0.05, 0) is 42.2 Å². The van der Waals surface area contributed by atoms with E-state index in [9.17, 15) is 23.1 Å². The van der Waals surface area contributed by atoms with Crippen molar-refractivity contribution in [3.8, 4) is 0 Å². The van der Waals surface area contributed by atoms with Gasteiger partial charge in [0, 0.05) is 24.1 Å². The largest absolute Gasteiger partial charge is 0.392 e. The van der Waals surface area contributed by atoms with Crippen LogP contribution < -0.4 is 10.6 Å². The molecule has 2 aromatic carbocycles. The first-order valence-electron chi connectivity index (χ1n) is 11.8. The zero-order chi connectivity index (χ0) is 24.9. The van der Waals surface area contributed by atoms with E-state index in [4.69, 9.17) is 0 Å². The van der Waals surface area contributed by atoms with Crippen LogP contribution in [0.3, 0.4) is 0 Å². The number of nitrogens with one attached hydrogen (secondary N) is 2. The van der Waals surface area contributed by atoms with Gasteiger partial charge in [-0.1, -0.05) is 57.0 Å². The van der Waals surface area contributed by atoms with Crippen molar-refractivity contribution in [2.24, 2.45) is 5.41 Å². The van der Waals surface area contributed by atoms with Crippen molar-refractivity contribution in [3.63, 3.8) is 0 Å². The summed E-state index contributed by atoms with van der Waals surface area (Å²) in [6.45, 7) is 4.00. The number of aliphatic hydroxyl groups is 1. The third-order valence-electron chi connectivity index (χ3n) is 6.88. The Morgan fingerprint density at radius 2 is 1.79 bits per heavy atom. The lowest BCUT2D eigenvalue weighted by molar-refractivity contribution is -0.126. The maximum absolute atomic E-state index is 13.6. The molecule has 184 valence electrons. The Bertz CT molecular complexity index is 1130. The Balaban J connectivity index is 2.16. The molecule has 7 nitrogen and oxygen atoms in total. The van der Waals surface area contributed by atoms with Gasteiger partial charge in [-0.15, -0.1) is 0 Å². The summed E-state index contributed by atoms with van der Waals surface area (Å²) in [5, 5.41) is 16.9. The number of rotatable bonds is 8. The smallest absolute Gasteiger partial charge is 0.233 e. The third-order valence-corrected chi connectivity index (χ3v) is 8.87. The Kier molecular flexibility index (Phi) is 8.15. The second kappa shape index (κ2) is 10.7. The highest BCUT2D eigenvalue weighted by Crippen LogP contribution is 2.49. The molecule has 0 aliphatic carbocycles. The number of unbranched alkanes of at least 4 members (excludes halogenated alkanes) is 1. The number of sulfone groups is 1. The predicted octanol–water partition coefficient (Wildman–Crippen LogP) is 3.63. The molecular formula is C26H34N2O5S. The summed E-state index contributed by atoms with van der Waals surface area (Å²) in [7, 11) is -2.26. The lowest BCUT2D eigenvalue weighted by Crippen LogP contribution is -2.42. The summed E-state index contributed by atoms with van der Waals surface area (Å²) < 4.78 is 27.2. The van der Waals surface area contributed by atoms with E-state index in [1.807, 2.05) is 37.3 Å². The fourth-order valence-electron chi connectivity index (χ4n) is 4.92. The van der Waals surface area contributed by atoms with Gasteiger partial charge in [-0.25, -0.2) is 8.42 Å². The van der Waals surface area contributed by atoms with Crippen molar-refractivity contribution in [2.75, 3.05) is 18.1 Å². The average Bonchev–Trinajstić information content (AvgIpc) is 2.88. The van der Waals surface area contributed by atoms with Gasteiger partial charge in [0.1, 0.15) is 6.42 Å². The molecule has 0 fully saturated rings. The van der Waals surface area contributed by atoms with E-state index in [2.05, 4.69) is 17.6 Å². The number of amides is 2. The van der Waals surface area contributed by atoms with Crippen molar-refractivity contribution < 1.29 is 23.1 Å². The molecule has 3 atom stereocenters. The van der Waals surface area contributed by atoms with Crippen LogP contribution in [0.4, 0.5) is 5.69 Å². The predicted molar refractivity (Wildman–Crippen MR) is 132 cm³/mol. The molecule has 0 saturated carbocycles. The summed E-state index contributed by atoms with van der Waals surface area (Å²) in [6, 6.07) is 14.1. The minimum absolute atomic E-state index is 0.129. The van der Waals surface area contributed by atoms with E-state index in [1.165, 1.54) is 19.2 Å². The monoisotopic (exact) mass is 486 g/mol. The average molecular weight is 487 g/mol. The first kappa shape index (κ1) is 25.9. The van der Waals surface area contributed by atoms with Crippen LogP contribution in [-0.4, -0.2) is 44.2 Å². The second-order valence-corrected chi connectivity index (χ2v) is 11.0. The summed E-state index contributed by atoms with van der Waals surface area (Å²) in [5.74, 6) is -1.63. The van der Waals surface area contributed by atoms with Crippen molar-refractivity contribution in [1.82, 2.24) is 5.32 Å². The number of anilines is 1. The van der Waals surface area contributed by atoms with Gasteiger partial charge in [0.25, 0.3) is 0 Å². The molecular weight excluding hydrogens is 452 g/mol. The van der Waals surface area contributed by atoms with Gasteiger partial charge < -0.3 is 15.7 Å². The topological polar surface area (TPSA) is 113 Å². The highest BCUT2D eigenvalue weighted by molar-refractivity contribution is 7.91. The molecule has 2 aromatic rings. The van der Waals surface area contributed by atoms with E-state index < -0.39 is 39.1 Å². The highest BCUT2D eigenvalue weighted by atomic mass is 32.2. The van der Waals surface area contributed by atoms with E-state index in [-0.39, 0.29) is 17.1 Å². The van der Waals surface area contributed by atoms with Crippen LogP contribution in [0.5, 0.6) is 0 Å². The summed E-state index contributed by atoms with van der Waals surface area (Å²) in [5.41, 5.74) is 0.866. The fourth-order valence-corrected chi connectivity index (χ4v) is 7.17. The van der Waals surface area contributed by atoms with E-state index >= 15 is 0 Å². The molecule has 0 bridgehead atoms. The van der Waals surface area contributed by atoms with E-state index in [1.54, 1.807) is 6.07 Å². The van der Waals surface area contributed by atoms with Crippen LogP contribution in [0.15, 0.2) is 53.4 Å². The molecule has 3 N–H and O–H groups in total. The Morgan fingerprint density at radius 3 is 2.41 bits per heavy atom. The molecule has 0 saturated heterocycles. The molecule has 1 aliphatic heterocycles. The molecule has 3 rings (SSSR count). The lowest BCUT2D eigenvalue weighted by atomic mass is 9.69. The maximum Gasteiger partial charge on any atom is 0.233 e. The van der Waals surface area contributed by atoms with E-state index in [0.29, 0.717) is 24.1 Å². The molecule has 0 spiro atoms. The molecule has 34 heavy (non-hydrogen) atoms. The minimum Gasteiger partial charge on any atom is -0.392 e.